The maximum atomic E-state index is 3.74. The van der Waals surface area contributed by atoms with Gasteiger partial charge in [-0.05, 0) is 30.2 Å². The lowest BCUT2D eigenvalue weighted by Crippen LogP contribution is -2.09. The quantitative estimate of drug-likeness (QED) is 0.683. The van der Waals surface area contributed by atoms with Gasteiger partial charge in [0.05, 0.1) is 0 Å². The highest BCUT2D eigenvalue weighted by Crippen LogP contribution is 2.09. The lowest BCUT2D eigenvalue weighted by atomic mass is 10.2. The van der Waals surface area contributed by atoms with E-state index in [1.807, 2.05) is 12.2 Å². The van der Waals surface area contributed by atoms with Gasteiger partial charge >= 0.3 is 0 Å². The third-order valence-corrected chi connectivity index (χ3v) is 2.08. The van der Waals surface area contributed by atoms with E-state index in [0.717, 1.165) is 11.4 Å². The zero-order chi connectivity index (χ0) is 11.1. The van der Waals surface area contributed by atoms with Gasteiger partial charge in [0.1, 0.15) is 0 Å². The number of hydrogen-bond acceptors (Lipinski definition) is 1. The Balaban J connectivity index is 2.74. The van der Waals surface area contributed by atoms with Crippen LogP contribution in [0.4, 0.5) is 0 Å². The molecule has 1 unspecified atom stereocenters. The molecule has 0 spiro atoms. The van der Waals surface area contributed by atoms with Crippen molar-refractivity contribution in [3.05, 3.63) is 73.2 Å². The first kappa shape index (κ1) is 11.3. The van der Waals surface area contributed by atoms with Crippen molar-refractivity contribution in [2.24, 2.45) is 5.92 Å². The summed E-state index contributed by atoms with van der Waals surface area (Å²) in [6, 6.07) is 0. The standard InChI is InChI=1S/C14H17N/c1-4-7-13(5-2)15-14-9-6-8-12(3)10-11-14/h4-12,15H,1-2H2,3H3. The summed E-state index contributed by atoms with van der Waals surface area (Å²) in [6.45, 7) is 9.54. The molecular weight excluding hydrogens is 182 g/mol. The van der Waals surface area contributed by atoms with Crippen LogP contribution in [-0.4, -0.2) is 0 Å². The molecule has 1 heteroatoms. The van der Waals surface area contributed by atoms with Crippen LogP contribution in [0.15, 0.2) is 73.2 Å². The maximum absolute atomic E-state index is 3.74. The summed E-state index contributed by atoms with van der Waals surface area (Å²) in [6.07, 6.45) is 15.9. The fourth-order valence-corrected chi connectivity index (χ4v) is 1.25. The van der Waals surface area contributed by atoms with E-state index in [9.17, 15) is 0 Å². The van der Waals surface area contributed by atoms with Crippen molar-refractivity contribution in [2.45, 2.75) is 6.92 Å². The number of hydrogen-bond donors (Lipinski definition) is 1. The van der Waals surface area contributed by atoms with Gasteiger partial charge < -0.3 is 5.32 Å². The van der Waals surface area contributed by atoms with E-state index in [2.05, 4.69) is 49.7 Å². The Kier molecular flexibility index (Phi) is 4.42. The summed E-state index contributed by atoms with van der Waals surface area (Å²) in [5.74, 6) is 0.483. The Labute approximate surface area is 91.9 Å². The van der Waals surface area contributed by atoms with Crippen LogP contribution in [0, 0.1) is 5.92 Å². The zero-order valence-corrected chi connectivity index (χ0v) is 9.11. The van der Waals surface area contributed by atoms with Gasteiger partial charge in [-0.15, -0.1) is 0 Å². The second-order valence-electron chi connectivity index (χ2n) is 3.41. The Hall–Kier alpha value is -1.76. The average molecular weight is 199 g/mol. The Bertz CT molecular complexity index is 354. The SMILES string of the molecule is C=CC=C(C=C)NC1=CC=CC(C)C=C1. The molecule has 1 nitrogen and oxygen atoms in total. The van der Waals surface area contributed by atoms with E-state index in [0.29, 0.717) is 5.92 Å². The molecule has 0 aromatic heterocycles. The molecule has 0 amide bonds. The molecule has 0 bridgehead atoms. The van der Waals surface area contributed by atoms with Crippen molar-refractivity contribution < 1.29 is 0 Å². The number of allylic oxidation sites excluding steroid dienone is 8. The normalized spacial score (nSPS) is 20.5. The molecule has 1 aliphatic carbocycles. The van der Waals surface area contributed by atoms with Crippen molar-refractivity contribution in [3.8, 4) is 0 Å². The van der Waals surface area contributed by atoms with Gasteiger partial charge in [0.2, 0.25) is 0 Å². The van der Waals surface area contributed by atoms with Gasteiger partial charge in [0, 0.05) is 11.4 Å². The topological polar surface area (TPSA) is 12.0 Å². The van der Waals surface area contributed by atoms with Gasteiger partial charge in [-0.25, -0.2) is 0 Å². The minimum atomic E-state index is 0.483. The minimum absolute atomic E-state index is 0.483. The zero-order valence-electron chi connectivity index (χ0n) is 9.11. The lowest BCUT2D eigenvalue weighted by molar-refractivity contribution is 0.938. The highest BCUT2D eigenvalue weighted by Gasteiger charge is 1.97. The third kappa shape index (κ3) is 3.86. The molecule has 0 saturated carbocycles. The monoisotopic (exact) mass is 199 g/mol. The summed E-state index contributed by atoms with van der Waals surface area (Å²) < 4.78 is 0. The smallest absolute Gasteiger partial charge is 0.0381 e. The molecule has 0 saturated heterocycles. The molecule has 78 valence electrons. The molecule has 1 N–H and O–H groups in total. The van der Waals surface area contributed by atoms with Crippen LogP contribution in [-0.2, 0) is 0 Å². The van der Waals surface area contributed by atoms with Crippen LogP contribution < -0.4 is 5.32 Å². The van der Waals surface area contributed by atoms with Gasteiger partial charge in [0.15, 0.2) is 0 Å². The van der Waals surface area contributed by atoms with Gasteiger partial charge in [-0.1, -0.05) is 44.4 Å². The molecule has 1 atom stereocenters. The van der Waals surface area contributed by atoms with E-state index < -0.39 is 0 Å². The van der Waals surface area contributed by atoms with Crippen LogP contribution in [0.1, 0.15) is 6.92 Å². The van der Waals surface area contributed by atoms with Crippen LogP contribution >= 0.6 is 0 Å². The first-order valence-corrected chi connectivity index (χ1v) is 5.05. The predicted octanol–water partition coefficient (Wildman–Crippen LogP) is 3.48. The molecule has 0 heterocycles. The molecule has 0 aromatic carbocycles. The van der Waals surface area contributed by atoms with E-state index in [4.69, 9.17) is 0 Å². The fourth-order valence-electron chi connectivity index (χ4n) is 1.25. The minimum Gasteiger partial charge on any atom is -0.356 e. The summed E-state index contributed by atoms with van der Waals surface area (Å²) in [7, 11) is 0. The molecule has 0 aliphatic heterocycles. The van der Waals surface area contributed by atoms with Crippen LogP contribution in [0.5, 0.6) is 0 Å². The summed E-state index contributed by atoms with van der Waals surface area (Å²) >= 11 is 0. The largest absolute Gasteiger partial charge is 0.356 e. The van der Waals surface area contributed by atoms with Crippen molar-refractivity contribution >= 4 is 0 Å². The maximum Gasteiger partial charge on any atom is 0.0381 e. The second kappa shape index (κ2) is 5.86. The lowest BCUT2D eigenvalue weighted by Gasteiger charge is -2.06. The first-order chi connectivity index (χ1) is 7.26. The molecule has 0 radical (unpaired) electrons. The summed E-state index contributed by atoms with van der Waals surface area (Å²) in [5.41, 5.74) is 2.01. The van der Waals surface area contributed by atoms with E-state index in [1.165, 1.54) is 0 Å². The molecule has 15 heavy (non-hydrogen) atoms. The predicted molar refractivity (Wildman–Crippen MR) is 67.1 cm³/mol. The Morgan fingerprint density at radius 2 is 2.20 bits per heavy atom. The highest BCUT2D eigenvalue weighted by molar-refractivity contribution is 5.33. The van der Waals surface area contributed by atoms with E-state index in [-0.39, 0.29) is 0 Å². The van der Waals surface area contributed by atoms with Crippen LogP contribution in [0.3, 0.4) is 0 Å². The van der Waals surface area contributed by atoms with Gasteiger partial charge in [0.25, 0.3) is 0 Å². The fraction of sp³-hybridized carbons (Fsp3) is 0.143. The average Bonchev–Trinajstić information content (AvgIpc) is 2.43. The van der Waals surface area contributed by atoms with Crippen LogP contribution in [0.2, 0.25) is 0 Å². The van der Waals surface area contributed by atoms with E-state index >= 15 is 0 Å². The molecular formula is C14H17N. The van der Waals surface area contributed by atoms with E-state index in [1.54, 1.807) is 12.2 Å². The number of rotatable bonds is 4. The van der Waals surface area contributed by atoms with Crippen molar-refractivity contribution in [2.75, 3.05) is 0 Å². The highest BCUT2D eigenvalue weighted by atomic mass is 14.9. The first-order valence-electron chi connectivity index (χ1n) is 5.05. The number of nitrogens with one attached hydrogen (secondary N) is 1. The second-order valence-corrected chi connectivity index (χ2v) is 3.41. The Morgan fingerprint density at radius 3 is 2.87 bits per heavy atom. The van der Waals surface area contributed by atoms with Crippen LogP contribution in [0.25, 0.3) is 0 Å². The molecule has 1 aliphatic rings. The third-order valence-electron chi connectivity index (χ3n) is 2.08. The van der Waals surface area contributed by atoms with Gasteiger partial charge in [-0.3, -0.25) is 0 Å². The van der Waals surface area contributed by atoms with Crippen molar-refractivity contribution in [1.82, 2.24) is 5.32 Å². The molecule has 1 rings (SSSR count). The summed E-state index contributed by atoms with van der Waals surface area (Å²) in [5, 5.41) is 3.26. The summed E-state index contributed by atoms with van der Waals surface area (Å²) in [4.78, 5) is 0. The van der Waals surface area contributed by atoms with Crippen molar-refractivity contribution in [3.63, 3.8) is 0 Å². The van der Waals surface area contributed by atoms with Crippen molar-refractivity contribution in [1.29, 1.82) is 0 Å². The Morgan fingerprint density at radius 1 is 1.40 bits per heavy atom. The van der Waals surface area contributed by atoms with Gasteiger partial charge in [-0.2, -0.15) is 0 Å². The molecule has 0 aromatic rings. The molecule has 0 fully saturated rings.